The molecule has 0 bridgehead atoms. The number of hydrogen-bond donors (Lipinski definition) is 0. The Kier molecular flexibility index (Phi) is 3.93. The van der Waals surface area contributed by atoms with Gasteiger partial charge in [-0.15, -0.1) is 0 Å². The molecule has 0 unspecified atom stereocenters. The molecule has 0 aliphatic carbocycles. The maximum absolute atomic E-state index is 4.90. The van der Waals surface area contributed by atoms with Gasteiger partial charge in [-0.05, 0) is 23.5 Å². The Labute approximate surface area is 132 Å². The van der Waals surface area contributed by atoms with Gasteiger partial charge in [0.15, 0.2) is 5.82 Å². The molecular formula is C20H22N2. The molecule has 112 valence electrons. The van der Waals surface area contributed by atoms with Crippen LogP contribution in [0.4, 0.5) is 0 Å². The number of fused-ring (bicyclic) bond motifs is 1. The lowest BCUT2D eigenvalue weighted by Gasteiger charge is -2.16. The van der Waals surface area contributed by atoms with Gasteiger partial charge < -0.3 is 0 Å². The predicted molar refractivity (Wildman–Crippen MR) is 93.2 cm³/mol. The van der Waals surface area contributed by atoms with Crippen LogP contribution < -0.4 is 0 Å². The fourth-order valence-corrected chi connectivity index (χ4v) is 2.85. The summed E-state index contributed by atoms with van der Waals surface area (Å²) < 4.78 is 0. The van der Waals surface area contributed by atoms with Crippen LogP contribution in [0.5, 0.6) is 0 Å². The van der Waals surface area contributed by atoms with Crippen molar-refractivity contribution in [2.24, 2.45) is 0 Å². The van der Waals surface area contributed by atoms with E-state index in [0.717, 1.165) is 22.6 Å². The lowest BCUT2D eigenvalue weighted by Crippen LogP contribution is -2.03. The van der Waals surface area contributed by atoms with Crippen LogP contribution in [0.3, 0.4) is 0 Å². The van der Waals surface area contributed by atoms with Gasteiger partial charge in [-0.1, -0.05) is 70.2 Å². The van der Waals surface area contributed by atoms with Crippen LogP contribution in [0.1, 0.15) is 50.8 Å². The van der Waals surface area contributed by atoms with Crippen molar-refractivity contribution in [1.82, 2.24) is 9.97 Å². The molecule has 0 aliphatic rings. The molecule has 3 aromatic rings. The molecule has 0 atom stereocenters. The fraction of sp³-hybridized carbons (Fsp3) is 0.300. The zero-order chi connectivity index (χ0) is 15.7. The van der Waals surface area contributed by atoms with E-state index in [9.17, 15) is 0 Å². The second-order valence-electron chi connectivity index (χ2n) is 6.35. The molecule has 22 heavy (non-hydrogen) atoms. The van der Waals surface area contributed by atoms with Crippen LogP contribution in [0, 0.1) is 0 Å². The normalized spacial score (nSPS) is 11.5. The summed E-state index contributed by atoms with van der Waals surface area (Å²) in [6, 6.07) is 16.6. The summed E-state index contributed by atoms with van der Waals surface area (Å²) in [7, 11) is 0. The van der Waals surface area contributed by atoms with Gasteiger partial charge in [0.1, 0.15) is 0 Å². The Morgan fingerprint density at radius 3 is 2.09 bits per heavy atom. The molecular weight excluding hydrogens is 268 g/mol. The molecule has 0 spiro atoms. The molecule has 2 heteroatoms. The van der Waals surface area contributed by atoms with Crippen LogP contribution in [0.25, 0.3) is 22.3 Å². The molecule has 0 N–H and O–H groups in total. The first-order valence-electron chi connectivity index (χ1n) is 7.94. The number of rotatable bonds is 3. The third-order valence-corrected chi connectivity index (χ3v) is 3.98. The lowest BCUT2D eigenvalue weighted by atomic mass is 9.93. The zero-order valence-electron chi connectivity index (χ0n) is 13.7. The third kappa shape index (κ3) is 2.61. The summed E-state index contributed by atoms with van der Waals surface area (Å²) in [5.41, 5.74) is 4.60. The summed E-state index contributed by atoms with van der Waals surface area (Å²) in [5.74, 6) is 1.65. The van der Waals surface area contributed by atoms with Crippen molar-refractivity contribution in [2.75, 3.05) is 0 Å². The van der Waals surface area contributed by atoms with E-state index in [-0.39, 0.29) is 0 Å². The monoisotopic (exact) mass is 290 g/mol. The van der Waals surface area contributed by atoms with E-state index in [1.54, 1.807) is 0 Å². The van der Waals surface area contributed by atoms with Gasteiger partial charge in [0.2, 0.25) is 0 Å². The summed E-state index contributed by atoms with van der Waals surface area (Å²) in [6.45, 7) is 8.86. The minimum absolute atomic E-state index is 0.368. The molecule has 2 aromatic carbocycles. The molecule has 0 radical (unpaired) electrons. The van der Waals surface area contributed by atoms with Crippen molar-refractivity contribution in [3.8, 4) is 11.4 Å². The van der Waals surface area contributed by atoms with E-state index >= 15 is 0 Å². The van der Waals surface area contributed by atoms with Crippen LogP contribution in [0.2, 0.25) is 0 Å². The SMILES string of the molecule is CC(C)c1cccc2nc(-c3ccccc3)nc(C(C)C)c12. The molecule has 3 rings (SSSR count). The Hall–Kier alpha value is -2.22. The number of nitrogens with zero attached hydrogens (tertiary/aromatic N) is 2. The average molecular weight is 290 g/mol. The maximum atomic E-state index is 4.90. The highest BCUT2D eigenvalue weighted by Gasteiger charge is 2.16. The Morgan fingerprint density at radius 1 is 0.727 bits per heavy atom. The van der Waals surface area contributed by atoms with Gasteiger partial charge in [0, 0.05) is 10.9 Å². The number of hydrogen-bond acceptors (Lipinski definition) is 2. The predicted octanol–water partition coefficient (Wildman–Crippen LogP) is 5.54. The van der Waals surface area contributed by atoms with Gasteiger partial charge in [0.05, 0.1) is 11.2 Å². The minimum atomic E-state index is 0.368. The summed E-state index contributed by atoms with van der Waals surface area (Å²) >= 11 is 0. The van der Waals surface area contributed by atoms with Crippen LogP contribution in [-0.2, 0) is 0 Å². The second-order valence-corrected chi connectivity index (χ2v) is 6.35. The van der Waals surface area contributed by atoms with Gasteiger partial charge in [0.25, 0.3) is 0 Å². The van der Waals surface area contributed by atoms with E-state index in [2.05, 4.69) is 58.0 Å². The van der Waals surface area contributed by atoms with Gasteiger partial charge in [-0.3, -0.25) is 0 Å². The first-order valence-corrected chi connectivity index (χ1v) is 7.94. The van der Waals surface area contributed by atoms with Crippen molar-refractivity contribution >= 4 is 10.9 Å². The average Bonchev–Trinajstić information content (AvgIpc) is 2.53. The molecule has 0 aliphatic heterocycles. The van der Waals surface area contributed by atoms with Crippen LogP contribution >= 0.6 is 0 Å². The topological polar surface area (TPSA) is 25.8 Å². The summed E-state index contributed by atoms with van der Waals surface area (Å²) in [5, 5.41) is 1.23. The van der Waals surface area contributed by atoms with Crippen molar-refractivity contribution in [3.63, 3.8) is 0 Å². The Bertz CT molecular complexity index is 789. The van der Waals surface area contributed by atoms with Gasteiger partial charge >= 0.3 is 0 Å². The maximum Gasteiger partial charge on any atom is 0.160 e. The van der Waals surface area contributed by atoms with E-state index in [4.69, 9.17) is 9.97 Å². The zero-order valence-corrected chi connectivity index (χ0v) is 13.7. The van der Waals surface area contributed by atoms with Crippen molar-refractivity contribution < 1.29 is 0 Å². The molecule has 1 aromatic heterocycles. The molecule has 0 saturated heterocycles. The quantitative estimate of drug-likeness (QED) is 0.632. The van der Waals surface area contributed by atoms with Crippen molar-refractivity contribution in [1.29, 1.82) is 0 Å². The molecule has 0 amide bonds. The van der Waals surface area contributed by atoms with Crippen molar-refractivity contribution in [2.45, 2.75) is 39.5 Å². The lowest BCUT2D eigenvalue weighted by molar-refractivity contribution is 0.819. The highest BCUT2D eigenvalue weighted by molar-refractivity contribution is 5.87. The Balaban J connectivity index is 2.33. The third-order valence-electron chi connectivity index (χ3n) is 3.98. The number of aromatic nitrogens is 2. The minimum Gasteiger partial charge on any atom is -0.232 e. The van der Waals surface area contributed by atoms with E-state index in [1.165, 1.54) is 10.9 Å². The van der Waals surface area contributed by atoms with Crippen LogP contribution in [-0.4, -0.2) is 9.97 Å². The first-order chi connectivity index (χ1) is 10.6. The smallest absolute Gasteiger partial charge is 0.160 e. The van der Waals surface area contributed by atoms with E-state index in [1.807, 2.05) is 18.2 Å². The first kappa shape index (κ1) is 14.7. The summed E-state index contributed by atoms with van der Waals surface area (Å²) in [4.78, 5) is 9.72. The van der Waals surface area contributed by atoms with Gasteiger partial charge in [-0.2, -0.15) is 0 Å². The standard InChI is InChI=1S/C20H22N2/c1-13(2)16-11-8-12-17-18(16)19(14(3)4)22-20(21-17)15-9-6-5-7-10-15/h5-14H,1-4H3. The largest absolute Gasteiger partial charge is 0.232 e. The van der Waals surface area contributed by atoms with Gasteiger partial charge in [-0.25, -0.2) is 9.97 Å². The number of benzene rings is 2. The highest BCUT2D eigenvalue weighted by Crippen LogP contribution is 2.32. The van der Waals surface area contributed by atoms with E-state index < -0.39 is 0 Å². The Morgan fingerprint density at radius 2 is 1.45 bits per heavy atom. The molecule has 1 heterocycles. The summed E-state index contributed by atoms with van der Waals surface area (Å²) in [6.07, 6.45) is 0. The highest BCUT2D eigenvalue weighted by atomic mass is 14.9. The second kappa shape index (κ2) is 5.88. The molecule has 0 fully saturated rings. The molecule has 0 saturated carbocycles. The van der Waals surface area contributed by atoms with Crippen molar-refractivity contribution in [3.05, 3.63) is 59.8 Å². The fourth-order valence-electron chi connectivity index (χ4n) is 2.85. The van der Waals surface area contributed by atoms with Crippen LogP contribution in [0.15, 0.2) is 48.5 Å². The van der Waals surface area contributed by atoms with E-state index in [0.29, 0.717) is 11.8 Å². The molecule has 2 nitrogen and oxygen atoms in total.